The SMILES string of the molecule is O=C(Nc1ccccc1)c1c[nH]c2ccc(Cl)cc12. The molecule has 0 aliphatic rings. The molecule has 0 aliphatic heterocycles. The van der Waals surface area contributed by atoms with Gasteiger partial charge >= 0.3 is 0 Å². The lowest BCUT2D eigenvalue weighted by molar-refractivity contribution is 0.102. The molecular formula is C15H11ClN2O. The second-order valence-electron chi connectivity index (χ2n) is 4.21. The number of benzene rings is 2. The minimum Gasteiger partial charge on any atom is -0.360 e. The summed E-state index contributed by atoms with van der Waals surface area (Å²) in [6, 6.07) is 14.8. The molecule has 0 radical (unpaired) electrons. The summed E-state index contributed by atoms with van der Waals surface area (Å²) in [6.07, 6.45) is 1.69. The predicted octanol–water partition coefficient (Wildman–Crippen LogP) is 4.07. The van der Waals surface area contributed by atoms with Crippen molar-refractivity contribution in [3.05, 3.63) is 65.3 Å². The molecule has 0 unspecified atom stereocenters. The molecule has 0 saturated heterocycles. The molecule has 1 aromatic heterocycles. The fourth-order valence-electron chi connectivity index (χ4n) is 2.00. The number of para-hydroxylation sites is 1. The first-order valence-electron chi connectivity index (χ1n) is 5.87. The van der Waals surface area contributed by atoms with E-state index in [1.807, 2.05) is 36.4 Å². The Labute approximate surface area is 115 Å². The molecule has 0 atom stereocenters. The maximum absolute atomic E-state index is 12.2. The van der Waals surface area contributed by atoms with Gasteiger partial charge in [0.05, 0.1) is 5.56 Å². The highest BCUT2D eigenvalue weighted by atomic mass is 35.5. The van der Waals surface area contributed by atoms with E-state index in [2.05, 4.69) is 10.3 Å². The summed E-state index contributed by atoms with van der Waals surface area (Å²) in [5.41, 5.74) is 2.24. The molecule has 1 amide bonds. The van der Waals surface area contributed by atoms with Crippen LogP contribution in [0.2, 0.25) is 5.02 Å². The van der Waals surface area contributed by atoms with Crippen LogP contribution in [0.15, 0.2) is 54.7 Å². The van der Waals surface area contributed by atoms with Crippen LogP contribution in [0.3, 0.4) is 0 Å². The Morgan fingerprint density at radius 1 is 1.11 bits per heavy atom. The lowest BCUT2D eigenvalue weighted by atomic mass is 10.1. The Bertz CT molecular complexity index is 734. The molecule has 0 fully saturated rings. The number of anilines is 1. The Hall–Kier alpha value is -2.26. The number of carbonyl (C=O) groups excluding carboxylic acids is 1. The van der Waals surface area contributed by atoms with Crippen LogP contribution in [-0.4, -0.2) is 10.9 Å². The van der Waals surface area contributed by atoms with Crippen molar-refractivity contribution >= 4 is 34.1 Å². The van der Waals surface area contributed by atoms with E-state index >= 15 is 0 Å². The largest absolute Gasteiger partial charge is 0.360 e. The minimum absolute atomic E-state index is 0.153. The van der Waals surface area contributed by atoms with Gasteiger partial charge in [-0.3, -0.25) is 4.79 Å². The van der Waals surface area contributed by atoms with Crippen molar-refractivity contribution in [2.75, 3.05) is 5.32 Å². The number of fused-ring (bicyclic) bond motifs is 1. The van der Waals surface area contributed by atoms with E-state index in [-0.39, 0.29) is 5.91 Å². The van der Waals surface area contributed by atoms with Crippen molar-refractivity contribution in [3.63, 3.8) is 0 Å². The molecule has 2 N–H and O–H groups in total. The van der Waals surface area contributed by atoms with Crippen LogP contribution in [-0.2, 0) is 0 Å². The number of rotatable bonds is 2. The number of hydrogen-bond donors (Lipinski definition) is 2. The van der Waals surface area contributed by atoms with E-state index in [0.717, 1.165) is 16.6 Å². The molecule has 2 aromatic carbocycles. The van der Waals surface area contributed by atoms with Gasteiger partial charge in [0.1, 0.15) is 0 Å². The quantitative estimate of drug-likeness (QED) is 0.724. The number of nitrogens with one attached hydrogen (secondary N) is 2. The molecular weight excluding hydrogens is 260 g/mol. The van der Waals surface area contributed by atoms with E-state index in [1.165, 1.54) is 0 Å². The molecule has 94 valence electrons. The molecule has 1 heterocycles. The smallest absolute Gasteiger partial charge is 0.257 e. The van der Waals surface area contributed by atoms with Crippen LogP contribution in [0.4, 0.5) is 5.69 Å². The summed E-state index contributed by atoms with van der Waals surface area (Å²) < 4.78 is 0. The molecule has 0 spiro atoms. The van der Waals surface area contributed by atoms with Crippen molar-refractivity contribution in [1.82, 2.24) is 4.98 Å². The van der Waals surface area contributed by atoms with E-state index in [4.69, 9.17) is 11.6 Å². The van der Waals surface area contributed by atoms with Crippen LogP contribution < -0.4 is 5.32 Å². The van der Waals surface area contributed by atoms with E-state index in [1.54, 1.807) is 18.3 Å². The van der Waals surface area contributed by atoms with Gasteiger partial charge in [0.25, 0.3) is 5.91 Å². The summed E-state index contributed by atoms with van der Waals surface area (Å²) >= 11 is 5.97. The van der Waals surface area contributed by atoms with E-state index < -0.39 is 0 Å². The van der Waals surface area contributed by atoms with E-state index in [9.17, 15) is 4.79 Å². The Balaban J connectivity index is 1.96. The summed E-state index contributed by atoms with van der Waals surface area (Å²) in [6.45, 7) is 0. The third-order valence-electron chi connectivity index (χ3n) is 2.92. The molecule has 0 aliphatic carbocycles. The van der Waals surface area contributed by atoms with Gasteiger partial charge in [-0.1, -0.05) is 29.8 Å². The zero-order chi connectivity index (χ0) is 13.2. The van der Waals surface area contributed by atoms with Gasteiger partial charge in [-0.05, 0) is 30.3 Å². The van der Waals surface area contributed by atoms with Crippen molar-refractivity contribution < 1.29 is 4.79 Å². The Morgan fingerprint density at radius 3 is 2.68 bits per heavy atom. The van der Waals surface area contributed by atoms with Gasteiger partial charge in [-0.25, -0.2) is 0 Å². The van der Waals surface area contributed by atoms with Gasteiger partial charge in [0.2, 0.25) is 0 Å². The molecule has 3 aromatic rings. The molecule has 3 rings (SSSR count). The van der Waals surface area contributed by atoms with Crippen molar-refractivity contribution in [1.29, 1.82) is 0 Å². The third kappa shape index (κ3) is 2.33. The molecule has 19 heavy (non-hydrogen) atoms. The number of hydrogen-bond acceptors (Lipinski definition) is 1. The fraction of sp³-hybridized carbons (Fsp3) is 0. The summed E-state index contributed by atoms with van der Waals surface area (Å²) in [5.74, 6) is -0.153. The van der Waals surface area contributed by atoms with Crippen LogP contribution in [0, 0.1) is 0 Å². The number of H-pyrrole nitrogens is 1. The molecule has 3 nitrogen and oxygen atoms in total. The van der Waals surface area contributed by atoms with Gasteiger partial charge in [0.15, 0.2) is 0 Å². The van der Waals surface area contributed by atoms with E-state index in [0.29, 0.717) is 10.6 Å². The second kappa shape index (κ2) is 4.78. The maximum atomic E-state index is 12.2. The average molecular weight is 271 g/mol. The highest BCUT2D eigenvalue weighted by Crippen LogP contribution is 2.23. The topological polar surface area (TPSA) is 44.9 Å². The number of carbonyl (C=O) groups is 1. The van der Waals surface area contributed by atoms with Crippen LogP contribution in [0.5, 0.6) is 0 Å². The Kier molecular flexibility index (Phi) is 2.97. The zero-order valence-electron chi connectivity index (χ0n) is 9.98. The van der Waals surface area contributed by atoms with Crippen molar-refractivity contribution in [3.8, 4) is 0 Å². The summed E-state index contributed by atoms with van der Waals surface area (Å²) in [5, 5.41) is 4.29. The monoisotopic (exact) mass is 270 g/mol. The van der Waals surface area contributed by atoms with Gasteiger partial charge in [-0.15, -0.1) is 0 Å². The Morgan fingerprint density at radius 2 is 1.89 bits per heavy atom. The lowest BCUT2D eigenvalue weighted by Gasteiger charge is -2.03. The maximum Gasteiger partial charge on any atom is 0.257 e. The third-order valence-corrected chi connectivity index (χ3v) is 3.16. The predicted molar refractivity (Wildman–Crippen MR) is 77.7 cm³/mol. The standard InChI is InChI=1S/C15H11ClN2O/c16-10-6-7-14-12(8-10)13(9-17-14)15(19)18-11-4-2-1-3-5-11/h1-9,17H,(H,18,19). The number of halogens is 1. The summed E-state index contributed by atoms with van der Waals surface area (Å²) in [4.78, 5) is 15.3. The normalized spacial score (nSPS) is 10.6. The highest BCUT2D eigenvalue weighted by Gasteiger charge is 2.12. The van der Waals surface area contributed by atoms with Crippen LogP contribution in [0.25, 0.3) is 10.9 Å². The number of aromatic nitrogens is 1. The number of aromatic amines is 1. The first-order chi connectivity index (χ1) is 9.24. The number of amides is 1. The summed E-state index contributed by atoms with van der Waals surface area (Å²) in [7, 11) is 0. The van der Waals surface area contributed by atoms with Crippen molar-refractivity contribution in [2.24, 2.45) is 0 Å². The molecule has 4 heteroatoms. The molecule has 0 saturated carbocycles. The first kappa shape index (κ1) is 11.8. The van der Waals surface area contributed by atoms with Crippen LogP contribution >= 0.6 is 11.6 Å². The lowest BCUT2D eigenvalue weighted by Crippen LogP contribution is -2.11. The van der Waals surface area contributed by atoms with Gasteiger partial charge in [-0.2, -0.15) is 0 Å². The van der Waals surface area contributed by atoms with Gasteiger partial charge in [0, 0.05) is 27.8 Å². The van der Waals surface area contributed by atoms with Crippen molar-refractivity contribution in [2.45, 2.75) is 0 Å². The first-order valence-corrected chi connectivity index (χ1v) is 6.25. The van der Waals surface area contributed by atoms with Gasteiger partial charge < -0.3 is 10.3 Å². The fourth-order valence-corrected chi connectivity index (χ4v) is 2.17. The van der Waals surface area contributed by atoms with Crippen LogP contribution in [0.1, 0.15) is 10.4 Å². The minimum atomic E-state index is -0.153. The second-order valence-corrected chi connectivity index (χ2v) is 4.65. The average Bonchev–Trinajstić information content (AvgIpc) is 2.82. The highest BCUT2D eigenvalue weighted by molar-refractivity contribution is 6.31. The zero-order valence-corrected chi connectivity index (χ0v) is 10.7. The molecule has 0 bridgehead atoms.